The molecule has 5 heteroatoms. The number of anilines is 1. The number of nitrogens with zero attached hydrogens (tertiary/aromatic N) is 2. The van der Waals surface area contributed by atoms with Crippen molar-refractivity contribution in [3.63, 3.8) is 0 Å². The van der Waals surface area contributed by atoms with E-state index in [0.29, 0.717) is 5.92 Å². The normalized spacial score (nSPS) is 13.0. The van der Waals surface area contributed by atoms with Crippen LogP contribution in [0.5, 0.6) is 0 Å². The molecule has 0 spiro atoms. The molecule has 0 fully saturated rings. The minimum Gasteiger partial charge on any atom is -0.355 e. The standard InChI is InChI=1S/C12H23N3OS/c1-10(2)8-13-12-14-11(3)9-15(12)6-5-7-17(4)16/h9-10H,5-8H2,1-4H3,(H,13,14). The van der Waals surface area contributed by atoms with Crippen molar-refractivity contribution in [3.8, 4) is 0 Å². The number of hydrogen-bond acceptors (Lipinski definition) is 3. The van der Waals surface area contributed by atoms with Crippen molar-refractivity contribution < 1.29 is 4.21 Å². The first-order valence-corrected chi connectivity index (χ1v) is 7.79. The van der Waals surface area contributed by atoms with Gasteiger partial charge in [0, 0.05) is 42.1 Å². The third-order valence-electron chi connectivity index (χ3n) is 2.40. The van der Waals surface area contributed by atoms with Crippen LogP contribution in [0.3, 0.4) is 0 Å². The van der Waals surface area contributed by atoms with Crippen LogP contribution in [-0.4, -0.2) is 32.3 Å². The van der Waals surface area contributed by atoms with Gasteiger partial charge in [0.2, 0.25) is 5.95 Å². The van der Waals surface area contributed by atoms with Gasteiger partial charge in [0.15, 0.2) is 0 Å². The van der Waals surface area contributed by atoms with Crippen LogP contribution >= 0.6 is 0 Å². The molecule has 0 amide bonds. The van der Waals surface area contributed by atoms with Gasteiger partial charge in [-0.05, 0) is 19.3 Å². The van der Waals surface area contributed by atoms with Crippen LogP contribution in [0.1, 0.15) is 26.0 Å². The van der Waals surface area contributed by atoms with Crippen molar-refractivity contribution in [2.75, 3.05) is 23.9 Å². The highest BCUT2D eigenvalue weighted by molar-refractivity contribution is 7.84. The van der Waals surface area contributed by atoms with E-state index in [0.717, 1.165) is 36.9 Å². The lowest BCUT2D eigenvalue weighted by atomic mass is 10.2. The third kappa shape index (κ3) is 5.35. The van der Waals surface area contributed by atoms with Gasteiger partial charge in [0.1, 0.15) is 0 Å². The van der Waals surface area contributed by atoms with Crippen molar-refractivity contribution in [3.05, 3.63) is 11.9 Å². The van der Waals surface area contributed by atoms with Gasteiger partial charge in [-0.15, -0.1) is 0 Å². The Morgan fingerprint density at radius 1 is 1.53 bits per heavy atom. The summed E-state index contributed by atoms with van der Waals surface area (Å²) in [6, 6.07) is 0. The molecule has 0 saturated heterocycles. The Morgan fingerprint density at radius 3 is 2.82 bits per heavy atom. The van der Waals surface area contributed by atoms with Crippen LogP contribution in [0, 0.1) is 12.8 Å². The van der Waals surface area contributed by atoms with E-state index in [1.54, 1.807) is 6.26 Å². The molecule has 0 aliphatic carbocycles. The van der Waals surface area contributed by atoms with Crippen molar-refractivity contribution >= 4 is 16.7 Å². The number of hydrogen-bond donors (Lipinski definition) is 1. The van der Waals surface area contributed by atoms with Crippen molar-refractivity contribution in [2.45, 2.75) is 33.7 Å². The van der Waals surface area contributed by atoms with Crippen LogP contribution < -0.4 is 5.32 Å². The molecule has 1 atom stereocenters. The zero-order valence-electron chi connectivity index (χ0n) is 11.2. The van der Waals surface area contributed by atoms with E-state index in [-0.39, 0.29) is 0 Å². The SMILES string of the molecule is Cc1cn(CCCS(C)=O)c(NCC(C)C)n1. The Hall–Kier alpha value is -0.840. The predicted octanol–water partition coefficient (Wildman–Crippen LogP) is 2.03. The Balaban J connectivity index is 2.54. The van der Waals surface area contributed by atoms with Gasteiger partial charge in [0.25, 0.3) is 0 Å². The van der Waals surface area contributed by atoms with E-state index in [2.05, 4.69) is 28.7 Å². The van der Waals surface area contributed by atoms with Gasteiger partial charge in [-0.3, -0.25) is 4.21 Å². The maximum absolute atomic E-state index is 11.0. The van der Waals surface area contributed by atoms with Gasteiger partial charge in [-0.25, -0.2) is 4.98 Å². The van der Waals surface area contributed by atoms with Crippen LogP contribution in [0.4, 0.5) is 5.95 Å². The van der Waals surface area contributed by atoms with Crippen molar-refractivity contribution in [1.29, 1.82) is 0 Å². The van der Waals surface area contributed by atoms with E-state index in [9.17, 15) is 4.21 Å². The Labute approximate surface area is 106 Å². The summed E-state index contributed by atoms with van der Waals surface area (Å²) in [7, 11) is -0.704. The smallest absolute Gasteiger partial charge is 0.203 e. The molecule has 0 aliphatic rings. The third-order valence-corrected chi connectivity index (χ3v) is 3.26. The fourth-order valence-corrected chi connectivity index (χ4v) is 2.13. The number of aryl methyl sites for hydroxylation is 2. The second-order valence-electron chi connectivity index (χ2n) is 4.80. The largest absolute Gasteiger partial charge is 0.355 e. The second-order valence-corrected chi connectivity index (χ2v) is 6.36. The minimum atomic E-state index is -0.704. The molecule has 0 radical (unpaired) electrons. The molecule has 1 heterocycles. The Bertz CT molecular complexity index is 374. The number of rotatable bonds is 7. The van der Waals surface area contributed by atoms with Crippen molar-refractivity contribution in [2.24, 2.45) is 5.92 Å². The number of nitrogens with one attached hydrogen (secondary N) is 1. The maximum atomic E-state index is 11.0. The average Bonchev–Trinajstić information content (AvgIpc) is 2.55. The lowest BCUT2D eigenvalue weighted by molar-refractivity contribution is 0.648. The van der Waals surface area contributed by atoms with Gasteiger partial charge in [0.05, 0.1) is 5.69 Å². The molecule has 0 aliphatic heterocycles. The first-order chi connectivity index (χ1) is 7.99. The van der Waals surface area contributed by atoms with E-state index in [1.807, 2.05) is 13.1 Å². The molecular formula is C12H23N3OS. The van der Waals surface area contributed by atoms with E-state index >= 15 is 0 Å². The summed E-state index contributed by atoms with van der Waals surface area (Å²) in [6.45, 7) is 8.15. The first-order valence-electron chi connectivity index (χ1n) is 6.06. The fraction of sp³-hybridized carbons (Fsp3) is 0.750. The molecule has 98 valence electrons. The molecule has 17 heavy (non-hydrogen) atoms. The topological polar surface area (TPSA) is 46.9 Å². The fourth-order valence-electron chi connectivity index (χ4n) is 1.59. The van der Waals surface area contributed by atoms with Crippen LogP contribution in [0.2, 0.25) is 0 Å². The highest BCUT2D eigenvalue weighted by Gasteiger charge is 2.05. The molecular weight excluding hydrogens is 234 g/mol. The summed E-state index contributed by atoms with van der Waals surface area (Å²) >= 11 is 0. The van der Waals surface area contributed by atoms with E-state index in [4.69, 9.17) is 0 Å². The van der Waals surface area contributed by atoms with Crippen LogP contribution in [-0.2, 0) is 17.3 Å². The Kier molecular flexibility index (Phi) is 5.68. The number of imidazole rings is 1. The van der Waals surface area contributed by atoms with Gasteiger partial charge in [-0.2, -0.15) is 0 Å². The maximum Gasteiger partial charge on any atom is 0.203 e. The first kappa shape index (κ1) is 14.2. The summed E-state index contributed by atoms with van der Waals surface area (Å²) in [5, 5.41) is 3.35. The molecule has 0 bridgehead atoms. The second kappa shape index (κ2) is 6.79. The monoisotopic (exact) mass is 257 g/mol. The zero-order chi connectivity index (χ0) is 12.8. The zero-order valence-corrected chi connectivity index (χ0v) is 12.0. The summed E-state index contributed by atoms with van der Waals surface area (Å²) in [5.74, 6) is 2.28. The molecule has 4 nitrogen and oxygen atoms in total. The molecule has 1 aromatic rings. The van der Waals surface area contributed by atoms with E-state index < -0.39 is 10.8 Å². The quantitative estimate of drug-likeness (QED) is 0.813. The van der Waals surface area contributed by atoms with Gasteiger partial charge < -0.3 is 9.88 Å². The summed E-state index contributed by atoms with van der Waals surface area (Å²) in [5.41, 5.74) is 1.02. The minimum absolute atomic E-state index is 0.601. The highest BCUT2D eigenvalue weighted by atomic mass is 32.2. The lowest BCUT2D eigenvalue weighted by Crippen LogP contribution is -2.13. The Morgan fingerprint density at radius 2 is 2.24 bits per heavy atom. The van der Waals surface area contributed by atoms with Crippen molar-refractivity contribution in [1.82, 2.24) is 9.55 Å². The number of aromatic nitrogens is 2. The van der Waals surface area contributed by atoms with Gasteiger partial charge in [-0.1, -0.05) is 13.8 Å². The van der Waals surface area contributed by atoms with Crippen LogP contribution in [0.15, 0.2) is 6.20 Å². The van der Waals surface area contributed by atoms with Crippen LogP contribution in [0.25, 0.3) is 0 Å². The van der Waals surface area contributed by atoms with Gasteiger partial charge >= 0.3 is 0 Å². The molecule has 1 unspecified atom stereocenters. The summed E-state index contributed by atoms with van der Waals surface area (Å²) < 4.78 is 13.1. The highest BCUT2D eigenvalue weighted by Crippen LogP contribution is 2.10. The predicted molar refractivity (Wildman–Crippen MR) is 73.8 cm³/mol. The van der Waals surface area contributed by atoms with E-state index in [1.165, 1.54) is 0 Å². The molecule has 1 rings (SSSR count). The molecule has 1 aromatic heterocycles. The molecule has 0 aromatic carbocycles. The average molecular weight is 257 g/mol. The lowest BCUT2D eigenvalue weighted by Gasteiger charge is -2.10. The summed E-state index contributed by atoms with van der Waals surface area (Å²) in [6.07, 6.45) is 4.72. The molecule has 0 saturated carbocycles. The molecule has 1 N–H and O–H groups in total. The summed E-state index contributed by atoms with van der Waals surface area (Å²) in [4.78, 5) is 4.46.